The van der Waals surface area contributed by atoms with Gasteiger partial charge >= 0.3 is 0 Å². The smallest absolute Gasteiger partial charge is 0.231 e. The first-order chi connectivity index (χ1) is 9.24. The Kier molecular flexibility index (Phi) is 4.92. The van der Waals surface area contributed by atoms with Crippen molar-refractivity contribution in [1.82, 2.24) is 5.32 Å². The van der Waals surface area contributed by atoms with Crippen LogP contribution in [0, 0.1) is 11.3 Å². The number of amides is 1. The van der Waals surface area contributed by atoms with Crippen molar-refractivity contribution in [3.05, 3.63) is 24.2 Å². The van der Waals surface area contributed by atoms with Crippen LogP contribution in [0.2, 0.25) is 0 Å². The van der Waals surface area contributed by atoms with E-state index in [1.807, 2.05) is 12.1 Å². The summed E-state index contributed by atoms with van der Waals surface area (Å²) in [6.45, 7) is 0. The topological polar surface area (TPSA) is 66.0 Å². The van der Waals surface area contributed by atoms with Gasteiger partial charge in [-0.1, -0.05) is 19.3 Å². The number of rotatable bonds is 5. The molecule has 1 heterocycles. The Balaban J connectivity index is 1.75. The molecule has 5 heteroatoms. The van der Waals surface area contributed by atoms with E-state index in [-0.39, 0.29) is 5.91 Å². The molecule has 0 bridgehead atoms. The molecule has 1 aromatic heterocycles. The molecule has 1 aliphatic rings. The second-order valence-corrected chi connectivity index (χ2v) is 5.86. The Hall–Kier alpha value is -1.41. The summed E-state index contributed by atoms with van der Waals surface area (Å²) < 4.78 is 5.20. The summed E-state index contributed by atoms with van der Waals surface area (Å²) in [4.78, 5) is 11.9. The van der Waals surface area contributed by atoms with E-state index in [4.69, 9.17) is 4.42 Å². The van der Waals surface area contributed by atoms with Crippen molar-refractivity contribution in [2.45, 2.75) is 43.4 Å². The fraction of sp³-hybridized carbons (Fsp3) is 0.571. The van der Waals surface area contributed by atoms with E-state index in [0.29, 0.717) is 11.5 Å². The monoisotopic (exact) mass is 278 g/mol. The number of carbonyl (C=O) groups is 1. The lowest BCUT2D eigenvalue weighted by Crippen LogP contribution is -2.49. The van der Waals surface area contributed by atoms with Crippen LogP contribution in [0.4, 0.5) is 0 Å². The minimum atomic E-state index is -0.624. The number of nitriles is 1. The minimum absolute atomic E-state index is 0.0555. The Morgan fingerprint density at radius 3 is 2.89 bits per heavy atom. The van der Waals surface area contributed by atoms with Crippen molar-refractivity contribution >= 4 is 17.7 Å². The zero-order valence-corrected chi connectivity index (χ0v) is 11.7. The molecule has 102 valence electrons. The van der Waals surface area contributed by atoms with Crippen LogP contribution in [0.3, 0.4) is 0 Å². The van der Waals surface area contributed by atoms with Gasteiger partial charge in [-0.25, -0.2) is 0 Å². The second-order valence-electron chi connectivity index (χ2n) is 4.87. The number of hydrogen-bond donors (Lipinski definition) is 1. The van der Waals surface area contributed by atoms with Crippen molar-refractivity contribution in [1.29, 1.82) is 5.26 Å². The summed E-state index contributed by atoms with van der Waals surface area (Å²) in [6, 6.07) is 6.02. The fourth-order valence-electron chi connectivity index (χ4n) is 2.36. The minimum Gasteiger partial charge on any atom is -0.468 e. The van der Waals surface area contributed by atoms with Crippen molar-refractivity contribution in [3.8, 4) is 6.07 Å². The van der Waals surface area contributed by atoms with Crippen LogP contribution in [0.5, 0.6) is 0 Å². The number of thioether (sulfide) groups is 1. The van der Waals surface area contributed by atoms with Crippen molar-refractivity contribution in [2.75, 3.05) is 5.75 Å². The highest BCUT2D eigenvalue weighted by Crippen LogP contribution is 2.27. The molecule has 0 atom stereocenters. The van der Waals surface area contributed by atoms with Crippen LogP contribution in [0.25, 0.3) is 0 Å². The highest BCUT2D eigenvalue weighted by Gasteiger charge is 2.33. The lowest BCUT2D eigenvalue weighted by molar-refractivity contribution is -0.120. The molecule has 4 nitrogen and oxygen atoms in total. The SMILES string of the molecule is N#CC1(NC(=O)CSCc2ccco2)CCCCC1. The van der Waals surface area contributed by atoms with Gasteiger partial charge in [0, 0.05) is 0 Å². The number of carbonyl (C=O) groups excluding carboxylic acids is 1. The van der Waals surface area contributed by atoms with E-state index in [1.54, 1.807) is 6.26 Å². The van der Waals surface area contributed by atoms with Crippen molar-refractivity contribution in [3.63, 3.8) is 0 Å². The first-order valence-electron chi connectivity index (χ1n) is 6.56. The predicted octanol–water partition coefficient (Wildman–Crippen LogP) is 2.86. The number of nitrogens with one attached hydrogen (secondary N) is 1. The Bertz CT molecular complexity index is 445. The van der Waals surface area contributed by atoms with Crippen LogP contribution in [-0.2, 0) is 10.5 Å². The number of nitrogens with zero attached hydrogens (tertiary/aromatic N) is 1. The van der Waals surface area contributed by atoms with E-state index < -0.39 is 5.54 Å². The first kappa shape index (κ1) is 14.0. The zero-order valence-electron chi connectivity index (χ0n) is 10.9. The second kappa shape index (κ2) is 6.67. The Labute approximate surface area is 117 Å². The number of furan rings is 1. The summed E-state index contributed by atoms with van der Waals surface area (Å²) in [6.07, 6.45) is 6.38. The average Bonchev–Trinajstić information content (AvgIpc) is 2.93. The van der Waals surface area contributed by atoms with E-state index in [1.165, 1.54) is 11.8 Å². The van der Waals surface area contributed by atoms with Gasteiger partial charge in [0.1, 0.15) is 11.3 Å². The van der Waals surface area contributed by atoms with E-state index in [9.17, 15) is 10.1 Å². The molecule has 19 heavy (non-hydrogen) atoms. The molecule has 1 saturated carbocycles. The highest BCUT2D eigenvalue weighted by atomic mass is 32.2. The fourth-order valence-corrected chi connectivity index (χ4v) is 3.09. The largest absolute Gasteiger partial charge is 0.468 e. The molecule has 0 aromatic carbocycles. The third-order valence-electron chi connectivity index (χ3n) is 3.36. The zero-order chi connectivity index (χ0) is 13.6. The molecule has 2 rings (SSSR count). The Morgan fingerprint density at radius 2 is 2.26 bits per heavy atom. The standard InChI is InChI=1S/C14H18N2O2S/c15-11-14(6-2-1-3-7-14)16-13(17)10-19-9-12-5-4-8-18-12/h4-5,8H,1-3,6-7,9-10H2,(H,16,17). The van der Waals surface area contributed by atoms with Crippen LogP contribution >= 0.6 is 11.8 Å². The Morgan fingerprint density at radius 1 is 1.47 bits per heavy atom. The molecule has 0 aliphatic heterocycles. The molecular formula is C14H18N2O2S. The maximum absolute atomic E-state index is 11.9. The summed E-state index contributed by atoms with van der Waals surface area (Å²) in [5.41, 5.74) is -0.624. The van der Waals surface area contributed by atoms with Gasteiger partial charge in [-0.2, -0.15) is 5.26 Å². The molecule has 1 amide bonds. The summed E-state index contributed by atoms with van der Waals surface area (Å²) in [7, 11) is 0. The third-order valence-corrected chi connectivity index (χ3v) is 4.31. The molecular weight excluding hydrogens is 260 g/mol. The molecule has 0 spiro atoms. The van der Waals surface area contributed by atoms with E-state index in [2.05, 4.69) is 11.4 Å². The van der Waals surface area contributed by atoms with Crippen LogP contribution in [0.15, 0.2) is 22.8 Å². The quantitative estimate of drug-likeness (QED) is 0.899. The summed E-state index contributed by atoms with van der Waals surface area (Å²) in [5.74, 6) is 1.86. The molecule has 1 fully saturated rings. The summed E-state index contributed by atoms with van der Waals surface area (Å²) >= 11 is 1.50. The van der Waals surface area contributed by atoms with Gasteiger partial charge in [0.25, 0.3) is 0 Å². The van der Waals surface area contributed by atoms with Crippen molar-refractivity contribution < 1.29 is 9.21 Å². The summed E-state index contributed by atoms with van der Waals surface area (Å²) in [5, 5.41) is 12.2. The average molecular weight is 278 g/mol. The van der Waals surface area contributed by atoms with Gasteiger partial charge < -0.3 is 9.73 Å². The first-order valence-corrected chi connectivity index (χ1v) is 7.72. The van der Waals surface area contributed by atoms with Gasteiger partial charge in [-0.05, 0) is 25.0 Å². The van der Waals surface area contributed by atoms with Gasteiger partial charge in [0.2, 0.25) is 5.91 Å². The van der Waals surface area contributed by atoms with E-state index in [0.717, 1.165) is 37.9 Å². The van der Waals surface area contributed by atoms with Crippen LogP contribution in [-0.4, -0.2) is 17.2 Å². The normalized spacial score (nSPS) is 17.6. The van der Waals surface area contributed by atoms with Gasteiger partial charge in [-0.15, -0.1) is 11.8 Å². The van der Waals surface area contributed by atoms with Gasteiger partial charge in [0.15, 0.2) is 0 Å². The lowest BCUT2D eigenvalue weighted by atomic mass is 9.83. The molecule has 0 saturated heterocycles. The van der Waals surface area contributed by atoms with Crippen LogP contribution in [0.1, 0.15) is 37.9 Å². The maximum Gasteiger partial charge on any atom is 0.231 e. The predicted molar refractivity (Wildman–Crippen MR) is 74.4 cm³/mol. The molecule has 1 N–H and O–H groups in total. The molecule has 1 aliphatic carbocycles. The maximum atomic E-state index is 11.9. The lowest BCUT2D eigenvalue weighted by Gasteiger charge is -2.31. The van der Waals surface area contributed by atoms with Crippen molar-refractivity contribution in [2.24, 2.45) is 0 Å². The van der Waals surface area contributed by atoms with Crippen LogP contribution < -0.4 is 5.32 Å². The molecule has 1 aromatic rings. The van der Waals surface area contributed by atoms with E-state index >= 15 is 0 Å². The van der Waals surface area contributed by atoms with Gasteiger partial charge in [0.05, 0.1) is 23.8 Å². The highest BCUT2D eigenvalue weighted by molar-refractivity contribution is 7.99. The number of hydrogen-bond acceptors (Lipinski definition) is 4. The van der Waals surface area contributed by atoms with Gasteiger partial charge in [-0.3, -0.25) is 4.79 Å². The molecule has 0 radical (unpaired) electrons. The third kappa shape index (κ3) is 4.03. The molecule has 0 unspecified atom stereocenters.